The summed E-state index contributed by atoms with van der Waals surface area (Å²) in [6.45, 7) is 5.00. The van der Waals surface area contributed by atoms with Crippen molar-refractivity contribution in [2.45, 2.75) is 19.8 Å². The molecule has 1 rings (SSSR count). The highest BCUT2D eigenvalue weighted by atomic mass is 15.1. The molecule has 0 aliphatic heterocycles. The lowest BCUT2D eigenvalue weighted by Gasteiger charge is -2.14. The first-order valence-corrected chi connectivity index (χ1v) is 5.66. The topological polar surface area (TPSA) is 29.3 Å². The van der Waals surface area contributed by atoms with Crippen LogP contribution < -0.4 is 5.73 Å². The van der Waals surface area contributed by atoms with Crippen molar-refractivity contribution in [1.82, 2.24) is 4.90 Å². The molecule has 1 aromatic rings. The second kappa shape index (κ2) is 6.59. The molecular weight excluding hydrogens is 184 g/mol. The van der Waals surface area contributed by atoms with Crippen LogP contribution in [-0.4, -0.2) is 31.6 Å². The lowest BCUT2D eigenvalue weighted by Crippen LogP contribution is -2.26. The molecule has 15 heavy (non-hydrogen) atoms. The van der Waals surface area contributed by atoms with Crippen molar-refractivity contribution in [2.24, 2.45) is 5.73 Å². The van der Waals surface area contributed by atoms with E-state index in [1.807, 2.05) is 0 Å². The molecule has 0 spiro atoms. The van der Waals surface area contributed by atoms with Gasteiger partial charge in [0.15, 0.2) is 0 Å². The maximum absolute atomic E-state index is 5.49. The van der Waals surface area contributed by atoms with Gasteiger partial charge in [-0.3, -0.25) is 0 Å². The Morgan fingerprint density at radius 2 is 1.80 bits per heavy atom. The number of hydrogen-bond donors (Lipinski definition) is 1. The summed E-state index contributed by atoms with van der Waals surface area (Å²) in [5.74, 6) is 0. The Morgan fingerprint density at radius 1 is 1.13 bits per heavy atom. The minimum Gasteiger partial charge on any atom is -0.329 e. The van der Waals surface area contributed by atoms with E-state index in [1.54, 1.807) is 0 Å². The third-order valence-corrected chi connectivity index (χ3v) is 2.64. The summed E-state index contributed by atoms with van der Waals surface area (Å²) in [4.78, 5) is 2.29. The van der Waals surface area contributed by atoms with Crippen LogP contribution >= 0.6 is 0 Å². The Balaban J connectivity index is 2.22. The van der Waals surface area contributed by atoms with Gasteiger partial charge in [-0.25, -0.2) is 0 Å². The smallest absolute Gasteiger partial charge is 0.0102 e. The van der Waals surface area contributed by atoms with E-state index in [2.05, 4.69) is 43.1 Å². The second-order valence-corrected chi connectivity index (χ2v) is 4.18. The molecule has 0 bridgehead atoms. The maximum Gasteiger partial charge on any atom is 0.0102 e. The highest BCUT2D eigenvalue weighted by Crippen LogP contribution is 2.05. The molecule has 0 heterocycles. The predicted molar refractivity (Wildman–Crippen MR) is 66.1 cm³/mol. The average Bonchev–Trinajstić information content (AvgIpc) is 2.21. The number of hydrogen-bond acceptors (Lipinski definition) is 2. The fraction of sp³-hybridized carbons (Fsp3) is 0.538. The molecule has 2 N–H and O–H groups in total. The monoisotopic (exact) mass is 206 g/mol. The zero-order valence-corrected chi connectivity index (χ0v) is 9.87. The SMILES string of the molecule is Cc1ccc(CCCN(C)CCN)cc1. The quantitative estimate of drug-likeness (QED) is 0.769. The summed E-state index contributed by atoms with van der Waals surface area (Å²) in [6, 6.07) is 8.80. The molecule has 0 saturated heterocycles. The molecule has 2 nitrogen and oxygen atoms in total. The molecule has 0 fully saturated rings. The van der Waals surface area contributed by atoms with Crippen molar-refractivity contribution in [3.8, 4) is 0 Å². The lowest BCUT2D eigenvalue weighted by molar-refractivity contribution is 0.338. The van der Waals surface area contributed by atoms with Crippen LogP contribution in [0.1, 0.15) is 17.5 Å². The van der Waals surface area contributed by atoms with E-state index in [0.29, 0.717) is 0 Å². The highest BCUT2D eigenvalue weighted by Gasteiger charge is 1.97. The zero-order chi connectivity index (χ0) is 11.1. The van der Waals surface area contributed by atoms with E-state index in [9.17, 15) is 0 Å². The third kappa shape index (κ3) is 4.96. The van der Waals surface area contributed by atoms with E-state index < -0.39 is 0 Å². The van der Waals surface area contributed by atoms with Crippen molar-refractivity contribution in [3.63, 3.8) is 0 Å². The van der Waals surface area contributed by atoms with Crippen LogP contribution in [0.3, 0.4) is 0 Å². The number of benzene rings is 1. The van der Waals surface area contributed by atoms with Crippen molar-refractivity contribution >= 4 is 0 Å². The van der Waals surface area contributed by atoms with Crippen LogP contribution in [-0.2, 0) is 6.42 Å². The van der Waals surface area contributed by atoms with Crippen LogP contribution in [0.5, 0.6) is 0 Å². The van der Waals surface area contributed by atoms with Crippen LogP contribution in [0.4, 0.5) is 0 Å². The highest BCUT2D eigenvalue weighted by molar-refractivity contribution is 5.21. The Bertz CT molecular complexity index is 266. The standard InChI is InChI=1S/C13H22N2/c1-12-5-7-13(8-6-12)4-3-10-15(2)11-9-14/h5-8H,3-4,9-11,14H2,1-2H3. The molecule has 2 heteroatoms. The van der Waals surface area contributed by atoms with E-state index in [-0.39, 0.29) is 0 Å². The van der Waals surface area contributed by atoms with E-state index in [0.717, 1.165) is 26.1 Å². The molecule has 0 saturated carbocycles. The Hall–Kier alpha value is -0.860. The summed E-state index contributed by atoms with van der Waals surface area (Å²) in [5, 5.41) is 0. The van der Waals surface area contributed by atoms with E-state index in [1.165, 1.54) is 17.5 Å². The fourth-order valence-corrected chi connectivity index (χ4v) is 1.64. The zero-order valence-electron chi connectivity index (χ0n) is 9.87. The van der Waals surface area contributed by atoms with Gasteiger partial charge >= 0.3 is 0 Å². The van der Waals surface area contributed by atoms with E-state index in [4.69, 9.17) is 5.73 Å². The average molecular weight is 206 g/mol. The van der Waals surface area contributed by atoms with Gasteiger partial charge in [-0.1, -0.05) is 29.8 Å². The summed E-state index contributed by atoms with van der Waals surface area (Å²) in [7, 11) is 2.13. The largest absolute Gasteiger partial charge is 0.329 e. The molecule has 0 aliphatic carbocycles. The molecule has 0 atom stereocenters. The van der Waals surface area contributed by atoms with Gasteiger partial charge in [-0.05, 0) is 38.9 Å². The minimum absolute atomic E-state index is 0.751. The Kier molecular flexibility index (Phi) is 5.37. The second-order valence-electron chi connectivity index (χ2n) is 4.18. The molecule has 0 unspecified atom stereocenters. The van der Waals surface area contributed by atoms with Crippen molar-refractivity contribution in [2.75, 3.05) is 26.7 Å². The van der Waals surface area contributed by atoms with Gasteiger partial charge in [0.2, 0.25) is 0 Å². The molecule has 0 aliphatic rings. The number of likely N-dealkylation sites (N-methyl/N-ethyl adjacent to an activating group) is 1. The normalized spacial score (nSPS) is 10.9. The first-order chi connectivity index (χ1) is 7.22. The maximum atomic E-state index is 5.49. The fourth-order valence-electron chi connectivity index (χ4n) is 1.64. The molecule has 84 valence electrons. The lowest BCUT2D eigenvalue weighted by atomic mass is 10.1. The van der Waals surface area contributed by atoms with Crippen LogP contribution in [0, 0.1) is 6.92 Å². The minimum atomic E-state index is 0.751. The van der Waals surface area contributed by atoms with Gasteiger partial charge in [0.05, 0.1) is 0 Å². The van der Waals surface area contributed by atoms with E-state index >= 15 is 0 Å². The Morgan fingerprint density at radius 3 is 2.40 bits per heavy atom. The van der Waals surface area contributed by atoms with Gasteiger partial charge in [-0.2, -0.15) is 0 Å². The van der Waals surface area contributed by atoms with Crippen molar-refractivity contribution < 1.29 is 0 Å². The van der Waals surface area contributed by atoms with Gasteiger partial charge in [-0.15, -0.1) is 0 Å². The van der Waals surface area contributed by atoms with Gasteiger partial charge in [0, 0.05) is 13.1 Å². The van der Waals surface area contributed by atoms with Crippen LogP contribution in [0.15, 0.2) is 24.3 Å². The van der Waals surface area contributed by atoms with Crippen molar-refractivity contribution in [1.29, 1.82) is 0 Å². The number of rotatable bonds is 6. The molecular formula is C13H22N2. The number of aryl methyl sites for hydroxylation is 2. The van der Waals surface area contributed by atoms with Gasteiger partial charge in [0.25, 0.3) is 0 Å². The van der Waals surface area contributed by atoms with Crippen LogP contribution in [0.25, 0.3) is 0 Å². The third-order valence-electron chi connectivity index (χ3n) is 2.64. The van der Waals surface area contributed by atoms with Gasteiger partial charge in [0.1, 0.15) is 0 Å². The predicted octanol–water partition coefficient (Wildman–Crippen LogP) is 1.82. The molecule has 1 aromatic carbocycles. The van der Waals surface area contributed by atoms with Crippen LogP contribution in [0.2, 0.25) is 0 Å². The Labute approximate surface area is 93.1 Å². The molecule has 0 aromatic heterocycles. The number of nitrogens with two attached hydrogens (primary N) is 1. The molecule has 0 radical (unpaired) electrons. The van der Waals surface area contributed by atoms with Crippen molar-refractivity contribution in [3.05, 3.63) is 35.4 Å². The number of nitrogens with zero attached hydrogens (tertiary/aromatic N) is 1. The first kappa shape index (κ1) is 12.2. The first-order valence-electron chi connectivity index (χ1n) is 5.66. The summed E-state index contributed by atoms with van der Waals surface area (Å²) < 4.78 is 0. The molecule has 0 amide bonds. The summed E-state index contributed by atoms with van der Waals surface area (Å²) in [5.41, 5.74) is 8.25. The summed E-state index contributed by atoms with van der Waals surface area (Å²) in [6.07, 6.45) is 2.37. The summed E-state index contributed by atoms with van der Waals surface area (Å²) >= 11 is 0. The van der Waals surface area contributed by atoms with Gasteiger partial charge < -0.3 is 10.6 Å².